The molecular weight excluding hydrogens is 430 g/mol. The van der Waals surface area contributed by atoms with Crippen LogP contribution in [0.15, 0.2) is 29.1 Å². The Hall–Kier alpha value is -2.86. The summed E-state index contributed by atoms with van der Waals surface area (Å²) in [4.78, 5) is 64.9. The Kier molecular flexibility index (Phi) is 7.40. The van der Waals surface area contributed by atoms with Crippen LogP contribution in [0.4, 0.5) is 0 Å². The van der Waals surface area contributed by atoms with Gasteiger partial charge in [-0.15, -0.1) is 23.4 Å². The van der Waals surface area contributed by atoms with Crippen LogP contribution in [0.2, 0.25) is 0 Å². The number of carboxylic acids is 1. The fourth-order valence-electron chi connectivity index (χ4n) is 2.50. The predicted molar refractivity (Wildman–Crippen MR) is 101 cm³/mol. The lowest BCUT2D eigenvalue weighted by atomic mass is 10.0. The van der Waals surface area contributed by atoms with E-state index in [4.69, 9.17) is 11.6 Å². The van der Waals surface area contributed by atoms with Gasteiger partial charge in [-0.05, 0) is 5.57 Å². The molecule has 0 aliphatic carbocycles. The van der Waals surface area contributed by atoms with Crippen LogP contribution < -0.4 is 5.32 Å². The minimum Gasteiger partial charge on any atom is -0.477 e. The number of allylic oxidation sites excluding steroid dienone is 1. The van der Waals surface area contributed by atoms with Crippen molar-refractivity contribution in [2.75, 3.05) is 25.3 Å². The highest BCUT2D eigenvalue weighted by Crippen LogP contribution is 2.40. The van der Waals surface area contributed by atoms with Crippen LogP contribution >= 0.6 is 23.4 Å². The van der Waals surface area contributed by atoms with Gasteiger partial charge in [0, 0.05) is 5.75 Å². The number of ketones is 1. The van der Waals surface area contributed by atoms with Gasteiger partial charge in [0.2, 0.25) is 18.1 Å². The van der Waals surface area contributed by atoms with Gasteiger partial charge in [0.25, 0.3) is 11.8 Å². The summed E-state index contributed by atoms with van der Waals surface area (Å²) in [5.74, 6) is -5.01. The molecule has 0 saturated carbocycles. The van der Waals surface area contributed by atoms with Gasteiger partial charge in [-0.25, -0.2) is 9.59 Å². The van der Waals surface area contributed by atoms with Gasteiger partial charge < -0.3 is 20.0 Å². The van der Waals surface area contributed by atoms with E-state index in [0.717, 1.165) is 12.0 Å². The number of carboxylic acid groups (broad SMARTS) is 1. The second kappa shape index (κ2) is 9.56. The first-order valence-corrected chi connectivity index (χ1v) is 9.55. The van der Waals surface area contributed by atoms with E-state index in [-0.39, 0.29) is 11.4 Å². The van der Waals surface area contributed by atoms with Crippen LogP contribution in [0.25, 0.3) is 0 Å². The number of carbonyl (C=O) groups excluding carboxylic acids is 4. The second-order valence-corrected chi connectivity index (χ2v) is 6.96. The molecule has 2 atom stereocenters. The number of hydrogen-bond donors (Lipinski definition) is 2. The van der Waals surface area contributed by atoms with Gasteiger partial charge >= 0.3 is 11.9 Å². The molecule has 2 aliphatic heterocycles. The van der Waals surface area contributed by atoms with Crippen molar-refractivity contribution in [2.24, 2.45) is 5.16 Å². The summed E-state index contributed by atoms with van der Waals surface area (Å²) >= 11 is 6.68. The molecule has 0 aromatic carbocycles. The van der Waals surface area contributed by atoms with E-state index in [1.807, 2.05) is 0 Å². The van der Waals surface area contributed by atoms with Crippen LogP contribution in [-0.2, 0) is 33.5 Å². The third-order valence-electron chi connectivity index (χ3n) is 3.90. The summed E-state index contributed by atoms with van der Waals surface area (Å²) in [7, 11) is 1.11. The SMILES string of the molecule is C=CC1=C(C(=O)O)N2C(=O)C(NC(=O)/C(=N\OCC(=O)OC)C(=O)CCl)[C@H]2SC1. The van der Waals surface area contributed by atoms with Crippen molar-refractivity contribution in [3.05, 3.63) is 23.9 Å². The number of fused-ring (bicyclic) bond motifs is 1. The number of hydrogen-bond acceptors (Lipinski definition) is 9. The summed E-state index contributed by atoms with van der Waals surface area (Å²) in [5.41, 5.74) is -0.559. The first-order chi connectivity index (χ1) is 13.8. The van der Waals surface area contributed by atoms with Crippen LogP contribution in [-0.4, -0.2) is 82.0 Å². The highest BCUT2D eigenvalue weighted by Gasteiger charge is 2.54. The maximum absolute atomic E-state index is 12.4. The fraction of sp³-hybridized carbons (Fsp3) is 0.375. The molecule has 1 unspecified atom stereocenters. The average molecular weight is 446 g/mol. The molecule has 1 saturated heterocycles. The molecule has 0 bridgehead atoms. The molecule has 2 heterocycles. The Morgan fingerprint density at radius 3 is 2.69 bits per heavy atom. The minimum atomic E-state index is -1.29. The zero-order valence-electron chi connectivity index (χ0n) is 15.0. The third kappa shape index (κ3) is 4.59. The molecule has 0 aromatic rings. The van der Waals surface area contributed by atoms with Gasteiger partial charge in [0.1, 0.15) is 17.1 Å². The first kappa shape index (κ1) is 22.4. The minimum absolute atomic E-state index is 0.202. The molecule has 1 fully saturated rings. The van der Waals surface area contributed by atoms with Gasteiger partial charge in [0.15, 0.2) is 0 Å². The Bertz CT molecular complexity index is 840. The average Bonchev–Trinajstić information content (AvgIpc) is 2.72. The van der Waals surface area contributed by atoms with E-state index < -0.39 is 59.2 Å². The van der Waals surface area contributed by atoms with Crippen molar-refractivity contribution in [3.63, 3.8) is 0 Å². The Morgan fingerprint density at radius 2 is 2.14 bits per heavy atom. The molecule has 0 spiro atoms. The molecule has 156 valence electrons. The third-order valence-corrected chi connectivity index (χ3v) is 5.44. The van der Waals surface area contributed by atoms with Crippen molar-refractivity contribution in [1.82, 2.24) is 10.2 Å². The van der Waals surface area contributed by atoms with Gasteiger partial charge in [-0.3, -0.25) is 19.3 Å². The predicted octanol–water partition coefficient (Wildman–Crippen LogP) is -0.735. The molecule has 2 aliphatic rings. The molecular formula is C16H16ClN3O8S. The van der Waals surface area contributed by atoms with Crippen molar-refractivity contribution in [2.45, 2.75) is 11.4 Å². The second-order valence-electron chi connectivity index (χ2n) is 5.59. The van der Waals surface area contributed by atoms with E-state index in [2.05, 4.69) is 26.6 Å². The summed E-state index contributed by atoms with van der Waals surface area (Å²) in [6.07, 6.45) is 1.36. The number of thioether (sulfide) groups is 1. The van der Waals surface area contributed by atoms with E-state index in [0.29, 0.717) is 5.57 Å². The molecule has 2 N–H and O–H groups in total. The normalized spacial score (nSPS) is 21.0. The van der Waals surface area contributed by atoms with Crippen molar-refractivity contribution < 1.29 is 38.7 Å². The number of methoxy groups -OCH3 is 1. The number of nitrogens with zero attached hydrogens (tertiary/aromatic N) is 2. The molecule has 0 aromatic heterocycles. The first-order valence-electron chi connectivity index (χ1n) is 7.97. The fourth-order valence-corrected chi connectivity index (χ4v) is 3.97. The number of Topliss-reactive ketones (excluding diaryl/α,β-unsaturated/α-hetero) is 1. The van der Waals surface area contributed by atoms with Crippen molar-refractivity contribution in [3.8, 4) is 0 Å². The van der Waals surface area contributed by atoms with Gasteiger partial charge in [0.05, 0.1) is 13.0 Å². The number of oxime groups is 1. The molecule has 29 heavy (non-hydrogen) atoms. The number of rotatable bonds is 9. The maximum atomic E-state index is 12.4. The summed E-state index contributed by atoms with van der Waals surface area (Å²) < 4.78 is 4.33. The zero-order chi connectivity index (χ0) is 21.7. The number of amides is 2. The van der Waals surface area contributed by atoms with Gasteiger partial charge in [-0.2, -0.15) is 0 Å². The number of halogens is 1. The topological polar surface area (TPSA) is 152 Å². The number of β-lactam (4-membered cyclic amide) rings is 1. The van der Waals surface area contributed by atoms with Crippen molar-refractivity contribution in [1.29, 1.82) is 0 Å². The number of ether oxygens (including phenoxy) is 1. The van der Waals surface area contributed by atoms with Crippen LogP contribution in [0.1, 0.15) is 0 Å². The molecule has 13 heteroatoms. The lowest BCUT2D eigenvalue weighted by Crippen LogP contribution is -2.71. The number of esters is 1. The lowest BCUT2D eigenvalue weighted by Gasteiger charge is -2.49. The molecule has 2 amide bonds. The molecule has 11 nitrogen and oxygen atoms in total. The van der Waals surface area contributed by atoms with Crippen LogP contribution in [0.3, 0.4) is 0 Å². The summed E-state index contributed by atoms with van der Waals surface area (Å²) in [5, 5.41) is 14.3. The largest absolute Gasteiger partial charge is 0.477 e. The van der Waals surface area contributed by atoms with E-state index >= 15 is 0 Å². The smallest absolute Gasteiger partial charge is 0.352 e. The maximum Gasteiger partial charge on any atom is 0.352 e. The van der Waals surface area contributed by atoms with Crippen LogP contribution in [0, 0.1) is 0 Å². The van der Waals surface area contributed by atoms with E-state index in [1.165, 1.54) is 17.8 Å². The summed E-state index contributed by atoms with van der Waals surface area (Å²) in [6, 6.07) is -1.08. The quantitative estimate of drug-likeness (QED) is 0.117. The zero-order valence-corrected chi connectivity index (χ0v) is 16.6. The van der Waals surface area contributed by atoms with Gasteiger partial charge in [-0.1, -0.05) is 17.8 Å². The monoisotopic (exact) mass is 445 g/mol. The highest BCUT2D eigenvalue weighted by atomic mass is 35.5. The number of aliphatic carboxylic acids is 1. The number of alkyl halides is 1. The Labute approximate surface area is 173 Å². The Morgan fingerprint density at radius 1 is 1.45 bits per heavy atom. The number of nitrogens with one attached hydrogen (secondary N) is 1. The van der Waals surface area contributed by atoms with E-state index in [9.17, 15) is 29.1 Å². The standard InChI is InChI=1S/C16H16ClN3O8S/c1-3-7-6-29-15-11(14(24)20(15)12(7)16(25)26)18-13(23)10(8(21)4-17)19-28-5-9(22)27-2/h3,11,15H,1,4-6H2,2H3,(H,18,23)(H,25,26)/b19-10-/t11?,15-/m1/s1. The summed E-state index contributed by atoms with van der Waals surface area (Å²) in [6.45, 7) is 2.89. The Balaban J connectivity index is 2.14. The lowest BCUT2D eigenvalue weighted by molar-refractivity contribution is -0.150. The van der Waals surface area contributed by atoms with Crippen LogP contribution in [0.5, 0.6) is 0 Å². The highest BCUT2D eigenvalue weighted by molar-refractivity contribution is 8.00. The van der Waals surface area contributed by atoms with E-state index in [1.54, 1.807) is 0 Å². The molecule has 2 rings (SSSR count). The van der Waals surface area contributed by atoms with Crippen molar-refractivity contribution >= 4 is 58.6 Å². The molecule has 0 radical (unpaired) electrons. The number of carbonyl (C=O) groups is 5.